The van der Waals surface area contributed by atoms with E-state index in [1.807, 2.05) is 0 Å². The van der Waals surface area contributed by atoms with Crippen molar-refractivity contribution in [1.29, 1.82) is 0 Å². The van der Waals surface area contributed by atoms with Gasteiger partial charge in [-0.2, -0.15) is 0 Å². The van der Waals surface area contributed by atoms with Crippen LogP contribution >= 0.6 is 0 Å². The number of rotatable bonds is 48. The summed E-state index contributed by atoms with van der Waals surface area (Å²) in [6.07, 6.45) is 56.9. The highest BCUT2D eigenvalue weighted by Crippen LogP contribution is 2.23. The Hall–Kier alpha value is -2.11. The average molecular weight is 945 g/mol. The zero-order valence-corrected chi connectivity index (χ0v) is 43.1. The van der Waals surface area contributed by atoms with Crippen molar-refractivity contribution in [3.63, 3.8) is 0 Å². The molecule has 0 aromatic rings. The molecule has 0 bridgehead atoms. The minimum atomic E-state index is -1.54. The van der Waals surface area contributed by atoms with Gasteiger partial charge in [0, 0.05) is 13.0 Å². The van der Waals surface area contributed by atoms with Gasteiger partial charge in [-0.1, -0.05) is 216 Å². The summed E-state index contributed by atoms with van der Waals surface area (Å²) >= 11 is 0. The number of aliphatic hydroxyl groups is 4. The van der Waals surface area contributed by atoms with Gasteiger partial charge >= 0.3 is 5.97 Å². The first kappa shape index (κ1) is 62.9. The van der Waals surface area contributed by atoms with Crippen molar-refractivity contribution < 1.29 is 44.2 Å². The summed E-state index contributed by atoms with van der Waals surface area (Å²) in [6.45, 7) is 4.46. The van der Waals surface area contributed by atoms with E-state index in [2.05, 4.69) is 74.6 Å². The molecule has 0 radical (unpaired) electrons. The van der Waals surface area contributed by atoms with E-state index in [-0.39, 0.29) is 19.2 Å². The summed E-state index contributed by atoms with van der Waals surface area (Å²) in [5.41, 5.74) is 0. The maximum absolute atomic E-state index is 12.9. The topological polar surface area (TPSA) is 135 Å². The van der Waals surface area contributed by atoms with Crippen LogP contribution < -0.4 is 0 Å². The molecule has 6 unspecified atom stereocenters. The standard InChI is InChI=1S/C58H104O9/c1-3-5-7-9-11-13-15-17-19-21-23-24-25-26-27-28-29-30-32-34-36-38-40-42-44-46-48-64-50-52(51-65-58-57(63)56(62)55(61)53(49-59)67-58)66-54(60)47-45-43-41-39-37-35-33-31-22-20-18-16-14-12-10-8-6-4-2/h5,7,11,13,17,19-20,22-24,52-53,55-59,61-63H,3-4,6,8-10,12,14-16,18,21,25-51H2,1-2H3/b7-5-,13-11-,19-17-,22-20-,24-23-. The minimum Gasteiger partial charge on any atom is -0.457 e. The number of ether oxygens (including phenoxy) is 4. The van der Waals surface area contributed by atoms with E-state index < -0.39 is 43.4 Å². The molecular formula is C58H104O9. The van der Waals surface area contributed by atoms with Crippen molar-refractivity contribution >= 4 is 5.97 Å². The SMILES string of the molecule is CC/C=C\C/C=C\C/C=C\C/C=C\CCCCCCCCCCCCCCCOCC(COC1OC(CO)C(O)C(O)C1O)OC(=O)CCCCCCCCC/C=C\CCCCCCCCC. The third kappa shape index (κ3) is 39.3. The first-order chi connectivity index (χ1) is 32.9. The Morgan fingerprint density at radius 2 is 0.910 bits per heavy atom. The Labute approximate surface area is 411 Å². The van der Waals surface area contributed by atoms with E-state index in [4.69, 9.17) is 18.9 Å². The highest BCUT2D eigenvalue weighted by atomic mass is 16.7. The second-order valence-electron chi connectivity index (χ2n) is 19.0. The summed E-state index contributed by atoms with van der Waals surface area (Å²) < 4.78 is 22.9. The Kier molecular flexibility index (Phi) is 45.9. The molecule has 6 atom stereocenters. The maximum Gasteiger partial charge on any atom is 0.306 e. The summed E-state index contributed by atoms with van der Waals surface area (Å²) in [5.74, 6) is -0.317. The van der Waals surface area contributed by atoms with Crippen LogP contribution in [-0.4, -0.2) is 89.6 Å². The van der Waals surface area contributed by atoms with Crippen LogP contribution in [0.3, 0.4) is 0 Å². The van der Waals surface area contributed by atoms with Crippen LogP contribution in [0.15, 0.2) is 60.8 Å². The monoisotopic (exact) mass is 945 g/mol. The van der Waals surface area contributed by atoms with Gasteiger partial charge in [-0.3, -0.25) is 4.79 Å². The molecule has 67 heavy (non-hydrogen) atoms. The lowest BCUT2D eigenvalue weighted by Gasteiger charge is -2.39. The summed E-state index contributed by atoms with van der Waals surface area (Å²) in [4.78, 5) is 12.9. The molecule has 0 aromatic heterocycles. The van der Waals surface area contributed by atoms with Crippen molar-refractivity contribution in [3.8, 4) is 0 Å². The molecule has 0 aliphatic carbocycles. The van der Waals surface area contributed by atoms with E-state index in [9.17, 15) is 25.2 Å². The van der Waals surface area contributed by atoms with Gasteiger partial charge in [0.1, 0.15) is 30.5 Å². The van der Waals surface area contributed by atoms with Crippen LogP contribution in [0.25, 0.3) is 0 Å². The number of carbonyl (C=O) groups is 1. The first-order valence-electron chi connectivity index (χ1n) is 27.9. The van der Waals surface area contributed by atoms with Gasteiger partial charge in [-0.25, -0.2) is 0 Å². The zero-order chi connectivity index (χ0) is 48.5. The Morgan fingerprint density at radius 1 is 0.493 bits per heavy atom. The second-order valence-corrected chi connectivity index (χ2v) is 19.0. The Balaban J connectivity index is 2.16. The summed E-state index contributed by atoms with van der Waals surface area (Å²) in [6, 6.07) is 0. The predicted molar refractivity (Wildman–Crippen MR) is 279 cm³/mol. The fourth-order valence-electron chi connectivity index (χ4n) is 8.36. The average Bonchev–Trinajstić information content (AvgIpc) is 3.33. The number of allylic oxidation sites excluding steroid dienone is 10. The third-order valence-electron chi connectivity index (χ3n) is 12.7. The van der Waals surface area contributed by atoms with Gasteiger partial charge in [-0.05, 0) is 77.0 Å². The molecule has 1 aliphatic rings. The van der Waals surface area contributed by atoms with E-state index in [0.717, 1.165) is 57.8 Å². The largest absolute Gasteiger partial charge is 0.457 e. The molecule has 0 aromatic carbocycles. The molecule has 0 spiro atoms. The maximum atomic E-state index is 12.9. The van der Waals surface area contributed by atoms with E-state index in [1.54, 1.807) is 0 Å². The third-order valence-corrected chi connectivity index (χ3v) is 12.7. The van der Waals surface area contributed by atoms with Gasteiger partial charge in [0.15, 0.2) is 6.29 Å². The molecule has 390 valence electrons. The van der Waals surface area contributed by atoms with Gasteiger partial charge in [0.05, 0.1) is 19.8 Å². The van der Waals surface area contributed by atoms with Crippen LogP contribution in [0.1, 0.15) is 239 Å². The lowest BCUT2D eigenvalue weighted by atomic mass is 9.99. The molecule has 1 heterocycles. The smallest absolute Gasteiger partial charge is 0.306 e. The molecule has 1 fully saturated rings. The number of hydrogen-bond donors (Lipinski definition) is 4. The number of aliphatic hydroxyl groups excluding tert-OH is 4. The number of hydrogen-bond acceptors (Lipinski definition) is 9. The van der Waals surface area contributed by atoms with Crippen molar-refractivity contribution in [2.75, 3.05) is 26.4 Å². The van der Waals surface area contributed by atoms with Crippen LogP contribution in [-0.2, 0) is 23.7 Å². The Morgan fingerprint density at radius 3 is 1.39 bits per heavy atom. The minimum absolute atomic E-state index is 0.116. The molecule has 4 N–H and O–H groups in total. The van der Waals surface area contributed by atoms with Crippen molar-refractivity contribution in [2.45, 2.75) is 275 Å². The van der Waals surface area contributed by atoms with E-state index in [1.165, 1.54) is 161 Å². The molecule has 9 heteroatoms. The lowest BCUT2D eigenvalue weighted by molar-refractivity contribution is -0.305. The highest BCUT2D eigenvalue weighted by Gasteiger charge is 2.44. The van der Waals surface area contributed by atoms with Crippen LogP contribution in [0, 0.1) is 0 Å². The molecule has 0 amide bonds. The van der Waals surface area contributed by atoms with Crippen LogP contribution in [0.4, 0.5) is 0 Å². The molecule has 1 saturated heterocycles. The molecule has 9 nitrogen and oxygen atoms in total. The fourth-order valence-corrected chi connectivity index (χ4v) is 8.36. The van der Waals surface area contributed by atoms with E-state index >= 15 is 0 Å². The lowest BCUT2D eigenvalue weighted by Crippen LogP contribution is -2.59. The number of esters is 1. The van der Waals surface area contributed by atoms with Gasteiger partial charge < -0.3 is 39.4 Å². The van der Waals surface area contributed by atoms with Gasteiger partial charge in [0.2, 0.25) is 0 Å². The van der Waals surface area contributed by atoms with Crippen LogP contribution in [0.2, 0.25) is 0 Å². The van der Waals surface area contributed by atoms with Gasteiger partial charge in [0.25, 0.3) is 0 Å². The molecule has 1 aliphatic heterocycles. The normalized spacial score (nSPS) is 19.6. The molecule has 1 rings (SSSR count). The molecular weight excluding hydrogens is 841 g/mol. The fraction of sp³-hybridized carbons (Fsp3) is 0.810. The number of unbranched alkanes of at least 4 members (excludes halogenated alkanes) is 27. The highest BCUT2D eigenvalue weighted by molar-refractivity contribution is 5.69. The Bertz CT molecular complexity index is 1210. The van der Waals surface area contributed by atoms with Gasteiger partial charge in [-0.15, -0.1) is 0 Å². The van der Waals surface area contributed by atoms with E-state index in [0.29, 0.717) is 13.0 Å². The van der Waals surface area contributed by atoms with Crippen molar-refractivity contribution in [2.24, 2.45) is 0 Å². The predicted octanol–water partition coefficient (Wildman–Crippen LogP) is 14.2. The second kappa shape index (κ2) is 48.9. The van der Waals surface area contributed by atoms with Crippen LogP contribution in [0.5, 0.6) is 0 Å². The first-order valence-corrected chi connectivity index (χ1v) is 27.9. The zero-order valence-electron chi connectivity index (χ0n) is 43.1. The quantitative estimate of drug-likeness (QED) is 0.0267. The van der Waals surface area contributed by atoms with Crippen molar-refractivity contribution in [1.82, 2.24) is 0 Å². The molecule has 0 saturated carbocycles. The summed E-state index contributed by atoms with van der Waals surface area (Å²) in [5, 5.41) is 40.3. The van der Waals surface area contributed by atoms with Crippen molar-refractivity contribution in [3.05, 3.63) is 60.8 Å². The number of carbonyl (C=O) groups excluding carboxylic acids is 1. The summed E-state index contributed by atoms with van der Waals surface area (Å²) in [7, 11) is 0.